The van der Waals surface area contributed by atoms with E-state index in [0.717, 1.165) is 39.1 Å². The summed E-state index contributed by atoms with van der Waals surface area (Å²) in [6.45, 7) is 3.89. The first kappa shape index (κ1) is 13.1. The number of rotatable bonds is 2. The molecule has 0 saturated carbocycles. The summed E-state index contributed by atoms with van der Waals surface area (Å²) in [5, 5.41) is 0. The minimum absolute atomic E-state index is 0.242. The van der Waals surface area contributed by atoms with Gasteiger partial charge in [0.05, 0.1) is 19.3 Å². The molecule has 2 unspecified atom stereocenters. The van der Waals surface area contributed by atoms with Crippen molar-refractivity contribution in [1.82, 2.24) is 4.90 Å². The van der Waals surface area contributed by atoms with Crippen LogP contribution < -0.4 is 0 Å². The predicted octanol–water partition coefficient (Wildman–Crippen LogP) is 2.41. The molecule has 2 atom stereocenters. The van der Waals surface area contributed by atoms with Crippen molar-refractivity contribution in [2.75, 3.05) is 33.4 Å². The van der Waals surface area contributed by atoms with E-state index in [-0.39, 0.29) is 6.10 Å². The number of methoxy groups -OCH3 is 1. The van der Waals surface area contributed by atoms with Crippen molar-refractivity contribution in [2.45, 2.75) is 31.4 Å². The molecule has 0 bridgehead atoms. The zero-order valence-corrected chi connectivity index (χ0v) is 11.7. The molecule has 2 aliphatic rings. The molecule has 1 aliphatic heterocycles. The average molecular weight is 261 g/mol. The Morgan fingerprint density at radius 1 is 1.21 bits per heavy atom. The largest absolute Gasteiger partial charge is 0.379 e. The van der Waals surface area contributed by atoms with Gasteiger partial charge in [-0.15, -0.1) is 0 Å². The molecular weight excluding hydrogens is 238 g/mol. The molecule has 19 heavy (non-hydrogen) atoms. The third kappa shape index (κ3) is 2.83. The number of hydrogen-bond acceptors (Lipinski definition) is 3. The van der Waals surface area contributed by atoms with Crippen molar-refractivity contribution < 1.29 is 9.47 Å². The predicted molar refractivity (Wildman–Crippen MR) is 75.3 cm³/mol. The number of fused-ring (bicyclic) bond motifs is 1. The lowest BCUT2D eigenvalue weighted by molar-refractivity contribution is -0.00307. The van der Waals surface area contributed by atoms with Gasteiger partial charge in [-0.25, -0.2) is 0 Å². The maximum absolute atomic E-state index is 5.76. The fraction of sp³-hybridized carbons (Fsp3) is 0.625. The Morgan fingerprint density at radius 2 is 2.00 bits per heavy atom. The maximum Gasteiger partial charge on any atom is 0.0838 e. The minimum Gasteiger partial charge on any atom is -0.379 e. The fourth-order valence-electron chi connectivity index (χ4n) is 3.39. The molecule has 1 aromatic rings. The summed E-state index contributed by atoms with van der Waals surface area (Å²) in [5.74, 6) is 0. The fourth-order valence-corrected chi connectivity index (χ4v) is 3.39. The van der Waals surface area contributed by atoms with E-state index < -0.39 is 0 Å². The van der Waals surface area contributed by atoms with Gasteiger partial charge in [0.2, 0.25) is 0 Å². The molecule has 0 N–H and O–H groups in total. The average Bonchev–Trinajstić information content (AvgIpc) is 2.68. The lowest BCUT2D eigenvalue weighted by atomic mass is 10.0. The summed E-state index contributed by atoms with van der Waals surface area (Å²) in [6.07, 6.45) is 3.74. The van der Waals surface area contributed by atoms with E-state index >= 15 is 0 Å². The number of nitrogens with zero attached hydrogens (tertiary/aromatic N) is 1. The van der Waals surface area contributed by atoms with Gasteiger partial charge in [0.25, 0.3) is 0 Å². The van der Waals surface area contributed by atoms with Gasteiger partial charge in [0.1, 0.15) is 0 Å². The summed E-state index contributed by atoms with van der Waals surface area (Å²) < 4.78 is 11.2. The molecule has 3 heteroatoms. The third-order valence-corrected chi connectivity index (χ3v) is 4.48. The highest BCUT2D eigenvalue weighted by molar-refractivity contribution is 5.30. The Morgan fingerprint density at radius 3 is 2.79 bits per heavy atom. The highest BCUT2D eigenvalue weighted by Gasteiger charge is 2.28. The van der Waals surface area contributed by atoms with Crippen LogP contribution in [0.15, 0.2) is 24.3 Å². The molecule has 0 spiro atoms. The lowest BCUT2D eigenvalue weighted by Gasteiger charge is -2.35. The van der Waals surface area contributed by atoms with Crippen LogP contribution in [0.25, 0.3) is 0 Å². The second-order valence-electron chi connectivity index (χ2n) is 5.50. The molecule has 1 heterocycles. The maximum atomic E-state index is 5.76. The summed E-state index contributed by atoms with van der Waals surface area (Å²) >= 11 is 0. The molecular formula is C16H23NO2. The van der Waals surface area contributed by atoms with Crippen LogP contribution in [-0.2, 0) is 15.9 Å². The van der Waals surface area contributed by atoms with Gasteiger partial charge in [-0.1, -0.05) is 24.3 Å². The Balaban J connectivity index is 1.78. The first-order valence-electron chi connectivity index (χ1n) is 7.31. The van der Waals surface area contributed by atoms with Crippen molar-refractivity contribution in [3.63, 3.8) is 0 Å². The SMILES string of the molecule is COC1CC(N2CCOCC2)CCc2ccccc21. The van der Waals surface area contributed by atoms with E-state index in [4.69, 9.17) is 9.47 Å². The first-order chi connectivity index (χ1) is 9.38. The number of morpholine rings is 1. The standard InChI is InChI=1S/C16H23NO2/c1-18-16-12-14(17-8-10-19-11-9-17)7-6-13-4-2-3-5-15(13)16/h2-5,14,16H,6-12H2,1H3. The van der Waals surface area contributed by atoms with Gasteiger partial charge in [-0.3, -0.25) is 4.90 Å². The van der Waals surface area contributed by atoms with E-state index in [9.17, 15) is 0 Å². The number of aryl methyl sites for hydroxylation is 1. The van der Waals surface area contributed by atoms with Crippen molar-refractivity contribution in [3.8, 4) is 0 Å². The Bertz CT molecular complexity index is 415. The van der Waals surface area contributed by atoms with Gasteiger partial charge in [0, 0.05) is 26.2 Å². The van der Waals surface area contributed by atoms with E-state index in [1.54, 1.807) is 0 Å². The van der Waals surface area contributed by atoms with Crippen LogP contribution in [0.5, 0.6) is 0 Å². The summed E-state index contributed by atoms with van der Waals surface area (Å²) in [6, 6.07) is 9.37. The number of ether oxygens (including phenoxy) is 2. The zero-order chi connectivity index (χ0) is 13.1. The molecule has 0 radical (unpaired) electrons. The molecule has 1 aromatic carbocycles. The molecule has 1 aliphatic carbocycles. The van der Waals surface area contributed by atoms with E-state index in [2.05, 4.69) is 29.2 Å². The monoisotopic (exact) mass is 261 g/mol. The van der Waals surface area contributed by atoms with E-state index in [1.807, 2.05) is 7.11 Å². The van der Waals surface area contributed by atoms with Gasteiger partial charge >= 0.3 is 0 Å². The third-order valence-electron chi connectivity index (χ3n) is 4.48. The van der Waals surface area contributed by atoms with Gasteiger partial charge in [0.15, 0.2) is 0 Å². The van der Waals surface area contributed by atoms with E-state index in [0.29, 0.717) is 6.04 Å². The Labute approximate surface area is 115 Å². The van der Waals surface area contributed by atoms with Crippen molar-refractivity contribution in [1.29, 1.82) is 0 Å². The van der Waals surface area contributed by atoms with Gasteiger partial charge in [-0.05, 0) is 30.4 Å². The topological polar surface area (TPSA) is 21.7 Å². The number of benzene rings is 1. The lowest BCUT2D eigenvalue weighted by Crippen LogP contribution is -2.44. The molecule has 3 nitrogen and oxygen atoms in total. The second-order valence-corrected chi connectivity index (χ2v) is 5.50. The van der Waals surface area contributed by atoms with E-state index in [1.165, 1.54) is 17.5 Å². The molecule has 1 saturated heterocycles. The Hall–Kier alpha value is -0.900. The quantitative estimate of drug-likeness (QED) is 0.763. The number of hydrogen-bond donors (Lipinski definition) is 0. The van der Waals surface area contributed by atoms with Gasteiger partial charge in [-0.2, -0.15) is 0 Å². The van der Waals surface area contributed by atoms with Crippen molar-refractivity contribution in [2.24, 2.45) is 0 Å². The van der Waals surface area contributed by atoms with Crippen molar-refractivity contribution >= 4 is 0 Å². The zero-order valence-electron chi connectivity index (χ0n) is 11.7. The molecule has 1 fully saturated rings. The van der Waals surface area contributed by atoms with Crippen LogP contribution in [0.3, 0.4) is 0 Å². The van der Waals surface area contributed by atoms with Gasteiger partial charge < -0.3 is 9.47 Å². The Kier molecular flexibility index (Phi) is 4.16. The van der Waals surface area contributed by atoms with Crippen LogP contribution in [0.1, 0.15) is 30.1 Å². The minimum atomic E-state index is 0.242. The van der Waals surface area contributed by atoms with Crippen LogP contribution in [0.4, 0.5) is 0 Å². The van der Waals surface area contributed by atoms with Crippen LogP contribution in [-0.4, -0.2) is 44.4 Å². The normalized spacial score (nSPS) is 28.7. The van der Waals surface area contributed by atoms with Crippen LogP contribution in [0.2, 0.25) is 0 Å². The first-order valence-corrected chi connectivity index (χ1v) is 7.31. The molecule has 0 amide bonds. The highest BCUT2D eigenvalue weighted by Crippen LogP contribution is 2.33. The summed E-state index contributed by atoms with van der Waals surface area (Å²) in [4.78, 5) is 2.58. The second kappa shape index (κ2) is 6.04. The van der Waals surface area contributed by atoms with Crippen molar-refractivity contribution in [3.05, 3.63) is 35.4 Å². The van der Waals surface area contributed by atoms with Crippen LogP contribution in [0, 0.1) is 0 Å². The molecule has 104 valence electrons. The smallest absolute Gasteiger partial charge is 0.0838 e. The molecule has 3 rings (SSSR count). The van der Waals surface area contributed by atoms with Crippen LogP contribution >= 0.6 is 0 Å². The summed E-state index contributed by atoms with van der Waals surface area (Å²) in [5.41, 5.74) is 2.85. The highest BCUT2D eigenvalue weighted by atomic mass is 16.5. The summed E-state index contributed by atoms with van der Waals surface area (Å²) in [7, 11) is 1.84. The molecule has 0 aromatic heterocycles.